The number of hydrogen-bond acceptors (Lipinski definition) is 15. The number of aliphatic carboxylic acids is 1. The highest BCUT2D eigenvalue weighted by Gasteiger charge is 2.38. The number of fused-ring (bicyclic) bond motifs is 5. The maximum absolute atomic E-state index is 15.7. The molecular formula is C89H88ClF2N9O11. The minimum atomic E-state index is -1.37. The molecule has 2 N–H and O–H groups in total. The first-order valence-corrected chi connectivity index (χ1v) is 37.4. The second-order valence-electron chi connectivity index (χ2n) is 30.1. The van der Waals surface area contributed by atoms with Gasteiger partial charge in [-0.3, -0.25) is 14.7 Å². The molecule has 8 heterocycles. The van der Waals surface area contributed by atoms with Crippen molar-refractivity contribution in [2.24, 2.45) is 0 Å². The summed E-state index contributed by atoms with van der Waals surface area (Å²) < 4.78 is 69.8. The van der Waals surface area contributed by atoms with Crippen LogP contribution in [0, 0.1) is 60.1 Å². The van der Waals surface area contributed by atoms with E-state index < -0.39 is 53.0 Å². The number of carboxylic acid groups (broad SMARTS) is 1. The minimum absolute atomic E-state index is 0.109. The first-order valence-electron chi connectivity index (χ1n) is 37.0. The molecular weight excluding hydrogens is 1440 g/mol. The first-order chi connectivity index (χ1) is 53.4. The van der Waals surface area contributed by atoms with Gasteiger partial charge in [0.15, 0.2) is 52.3 Å². The Kier molecular flexibility index (Phi) is 22.4. The zero-order valence-electron chi connectivity index (χ0n) is 65.3. The Labute approximate surface area is 652 Å². The fraction of sp³-hybridized carbons (Fsp3) is 0.292. The van der Waals surface area contributed by atoms with Gasteiger partial charge in [-0.15, -0.1) is 0 Å². The van der Waals surface area contributed by atoms with Crippen LogP contribution in [0.2, 0.25) is 5.02 Å². The van der Waals surface area contributed by atoms with E-state index in [1.54, 1.807) is 61.8 Å². The summed E-state index contributed by atoms with van der Waals surface area (Å²) in [5.41, 5.74) is 19.2. The fourth-order valence-corrected chi connectivity index (χ4v) is 14.8. The molecule has 7 aromatic carbocycles. The third kappa shape index (κ3) is 16.1. The van der Waals surface area contributed by atoms with Crippen LogP contribution in [0.15, 0.2) is 156 Å². The average Bonchev–Trinajstić information content (AvgIpc) is 1.77. The molecule has 0 fully saturated rings. The van der Waals surface area contributed by atoms with Gasteiger partial charge in [-0.2, -0.15) is 10.2 Å². The summed E-state index contributed by atoms with van der Waals surface area (Å²) in [7, 11) is 2.62. The van der Waals surface area contributed by atoms with Crippen LogP contribution in [0.25, 0.3) is 95.5 Å². The van der Waals surface area contributed by atoms with E-state index in [4.69, 9.17) is 55.5 Å². The van der Waals surface area contributed by atoms with Crippen LogP contribution < -0.4 is 15.0 Å². The topological polar surface area (TPSA) is 237 Å². The molecule has 0 radical (unpaired) electrons. The maximum atomic E-state index is 15.7. The van der Waals surface area contributed by atoms with E-state index in [0.717, 1.165) is 79.6 Å². The van der Waals surface area contributed by atoms with Gasteiger partial charge in [-0.1, -0.05) is 109 Å². The minimum Gasteiger partial charge on any atom is -0.490 e. The van der Waals surface area contributed by atoms with Crippen molar-refractivity contribution >= 4 is 46.5 Å². The molecule has 0 unspecified atom stereocenters. The number of carboxylic acids is 1. The predicted molar refractivity (Wildman–Crippen MR) is 428 cm³/mol. The zero-order chi connectivity index (χ0) is 79.9. The quantitative estimate of drug-likeness (QED) is 0.0907. The van der Waals surface area contributed by atoms with Crippen molar-refractivity contribution in [1.82, 2.24) is 43.8 Å². The van der Waals surface area contributed by atoms with Gasteiger partial charge in [0.25, 0.3) is 5.56 Å². The molecule has 2 aliphatic heterocycles. The Morgan fingerprint density at radius 3 is 1.46 bits per heavy atom. The normalized spacial score (nSPS) is 13.2. The number of hydrogen-bond donors (Lipinski definition) is 2. The lowest BCUT2D eigenvalue weighted by atomic mass is 9.91. The predicted octanol–water partition coefficient (Wildman–Crippen LogP) is 18.6. The van der Waals surface area contributed by atoms with Gasteiger partial charge in [-0.25, -0.2) is 46.9 Å². The number of esters is 2. The molecule has 0 aliphatic carbocycles. The molecule has 15 rings (SSSR count). The van der Waals surface area contributed by atoms with Crippen LogP contribution in [0.3, 0.4) is 0 Å². The van der Waals surface area contributed by atoms with E-state index in [1.165, 1.54) is 36.4 Å². The number of nitrogens with one attached hydrogen (secondary N) is 1. The van der Waals surface area contributed by atoms with Crippen molar-refractivity contribution in [3.63, 3.8) is 0 Å². The molecule has 0 amide bonds. The van der Waals surface area contributed by atoms with Crippen molar-refractivity contribution in [1.29, 1.82) is 0 Å². The fourth-order valence-electron chi connectivity index (χ4n) is 14.7. The Morgan fingerprint density at radius 1 is 0.545 bits per heavy atom. The molecule has 0 saturated carbocycles. The van der Waals surface area contributed by atoms with Crippen LogP contribution in [-0.2, 0) is 52.6 Å². The number of halogens is 3. The third-order valence-corrected chi connectivity index (χ3v) is 20.2. The summed E-state index contributed by atoms with van der Waals surface area (Å²) in [4.78, 5) is 64.3. The van der Waals surface area contributed by atoms with Gasteiger partial charge in [0.1, 0.15) is 0 Å². The summed E-state index contributed by atoms with van der Waals surface area (Å²) in [6.45, 7) is 25.3. The number of benzene rings is 7. The van der Waals surface area contributed by atoms with Gasteiger partial charge >= 0.3 is 17.9 Å². The molecule has 112 heavy (non-hydrogen) atoms. The highest BCUT2D eigenvalue weighted by molar-refractivity contribution is 6.30. The van der Waals surface area contributed by atoms with Crippen LogP contribution in [0.4, 0.5) is 8.78 Å². The number of aromatic amines is 1. The smallest absolute Gasteiger partial charge is 0.339 e. The van der Waals surface area contributed by atoms with Gasteiger partial charge in [0, 0.05) is 90.4 Å². The van der Waals surface area contributed by atoms with E-state index >= 15 is 8.78 Å². The Balaban J connectivity index is 0.000000155. The molecule has 13 aromatic rings. The monoisotopic (exact) mass is 1530 g/mol. The summed E-state index contributed by atoms with van der Waals surface area (Å²) in [6, 6.07) is 48.5. The van der Waals surface area contributed by atoms with Gasteiger partial charge in [0.2, 0.25) is 0 Å². The number of carbonyl (C=O) groups excluding carboxylic acids is 2. The number of aryl methyl sites for hydroxylation is 5. The molecule has 2 atom stereocenters. The second-order valence-corrected chi connectivity index (χ2v) is 30.5. The number of methoxy groups -OCH3 is 2. The van der Waals surface area contributed by atoms with E-state index in [-0.39, 0.29) is 23.5 Å². The number of nitrogens with zero attached hydrogens (tertiary/aromatic N) is 8. The Bertz CT molecular complexity index is 5930. The van der Waals surface area contributed by atoms with Crippen molar-refractivity contribution in [3.8, 4) is 90.0 Å². The van der Waals surface area contributed by atoms with Crippen LogP contribution in [-0.4, -0.2) is 105 Å². The van der Waals surface area contributed by atoms with E-state index in [1.807, 2.05) is 114 Å². The molecule has 0 bridgehead atoms. The Morgan fingerprint density at radius 2 is 1.00 bits per heavy atom. The molecule has 576 valence electrons. The number of H-pyrrole nitrogens is 1. The molecule has 6 aromatic heterocycles. The van der Waals surface area contributed by atoms with Crippen molar-refractivity contribution in [2.45, 2.75) is 146 Å². The summed E-state index contributed by atoms with van der Waals surface area (Å²) in [6.07, 6.45) is 0.289. The third-order valence-electron chi connectivity index (χ3n) is 20.0. The second kappa shape index (κ2) is 31.9. The molecule has 0 spiro atoms. The molecule has 23 heteroatoms. The van der Waals surface area contributed by atoms with Crippen LogP contribution >= 0.6 is 11.6 Å². The van der Waals surface area contributed by atoms with E-state index in [9.17, 15) is 24.3 Å². The maximum Gasteiger partial charge on any atom is 0.339 e. The first kappa shape index (κ1) is 78.4. The van der Waals surface area contributed by atoms with E-state index in [0.29, 0.717) is 121 Å². The number of ether oxygens (including phenoxy) is 6. The van der Waals surface area contributed by atoms with Crippen molar-refractivity contribution < 1.29 is 56.7 Å². The zero-order valence-corrected chi connectivity index (χ0v) is 66.0. The van der Waals surface area contributed by atoms with Crippen LogP contribution in [0.5, 0.6) is 11.5 Å². The lowest BCUT2D eigenvalue weighted by Gasteiger charge is -2.29. The molecule has 2 aliphatic rings. The highest BCUT2D eigenvalue weighted by Crippen LogP contribution is 2.46. The average molecular weight is 1530 g/mol. The summed E-state index contributed by atoms with van der Waals surface area (Å²) in [5, 5.41) is 24.1. The molecule has 20 nitrogen and oxygen atoms in total. The number of carbonyl (C=O) groups is 3. The van der Waals surface area contributed by atoms with Gasteiger partial charge in [-0.05, 0) is 197 Å². The lowest BCUT2D eigenvalue weighted by Crippen LogP contribution is -2.30. The highest BCUT2D eigenvalue weighted by atomic mass is 35.5. The van der Waals surface area contributed by atoms with Gasteiger partial charge in [0.05, 0.1) is 79.1 Å². The lowest BCUT2D eigenvalue weighted by molar-refractivity contribution is -0.164. The molecule has 0 saturated heterocycles. The largest absolute Gasteiger partial charge is 0.490 e. The van der Waals surface area contributed by atoms with Crippen molar-refractivity contribution in [2.75, 3.05) is 27.4 Å². The standard InChI is InChI=1S/C37H38FN3O4.C36H36FN3O4.C16H14ClN3O3/c1-21-12-8-9-15-26(21)24-13-10-14-25(18-24)30-20-31-39-23(3)32(35(36(42)43-7)45-37(4,5)6)33(41(31)40-30)28-19-29(38)34-27(22(28)2)16-11-17-44-34;1-20-11-7-8-14-25(20)23-12-9-13-24(17-23)29-19-30-38-22(3)31(34(35(41)42)44-36(4,5)6)32(40(30)39-29)27-18-28(37)33-26(21(27)2)15-10-16-43-33;1-9-12(7-15(21)23-2)16(22)20-14(18-9)8-13(19-20)10-4-3-5-11(17)6-10/h8-10,12-15,18-20,35H,11,16-17H2,1-7H3;7-9,11-14,17-19,34H,10,15-16H2,1-6H3,(H,41,42);3-6,8,19H,7H2,1-2H3/t35-;34-;/m00./s1. The Hall–Kier alpha value is -11.7. The van der Waals surface area contributed by atoms with Gasteiger partial charge < -0.3 is 33.5 Å². The number of rotatable bonds is 15. The van der Waals surface area contributed by atoms with Crippen LogP contribution in [0.1, 0.15) is 134 Å². The number of aromatic nitrogens is 9. The van der Waals surface area contributed by atoms with E-state index in [2.05, 4.69) is 77.2 Å². The summed E-state index contributed by atoms with van der Waals surface area (Å²) >= 11 is 6.00. The summed E-state index contributed by atoms with van der Waals surface area (Å²) in [5.74, 6) is -2.61. The SMILES string of the molecule is COC(=O)Cc1c(C)nc2cc(-c3cccc(Cl)c3)[nH]n2c1=O.COC(=O)[C@@H](OC(C)(C)C)c1c(C)nc2cc(-c3cccc(-c4ccccc4C)c3)nn2c1-c1cc(F)c2c(c1C)CCCO2.Cc1ccccc1-c1cccc(-c2cc3nc(C)c([C@H](OC(C)(C)C)C(=O)O)c(-c4cc(F)c5c(c4C)CCCO5)n3n2)c1. The van der Waals surface area contributed by atoms with Crippen molar-refractivity contribution in [3.05, 3.63) is 246 Å².